The van der Waals surface area contributed by atoms with Crippen LogP contribution in [0.1, 0.15) is 16.7 Å². The maximum absolute atomic E-state index is 13.3. The number of hydrogen-bond donors (Lipinski definition) is 1. The van der Waals surface area contributed by atoms with Gasteiger partial charge in [-0.3, -0.25) is 14.0 Å². The fraction of sp³-hybridized carbons (Fsp3) is 0.0769. The van der Waals surface area contributed by atoms with Crippen LogP contribution in [0.4, 0.5) is 5.69 Å². The quantitative estimate of drug-likeness (QED) is 0.363. The average molecular weight is 436 g/mol. The molecule has 1 N–H and O–H groups in total. The minimum atomic E-state index is -0.638. The molecule has 0 saturated carbocycles. The molecule has 33 heavy (non-hydrogen) atoms. The van der Waals surface area contributed by atoms with Crippen LogP contribution < -0.4 is 15.6 Å². The van der Waals surface area contributed by atoms with E-state index in [0.717, 1.165) is 11.1 Å². The molecule has 4 aromatic rings. The van der Waals surface area contributed by atoms with Crippen molar-refractivity contribution < 1.29 is 9.53 Å². The van der Waals surface area contributed by atoms with Crippen molar-refractivity contribution in [3.05, 3.63) is 106 Å². The molecule has 2 aromatic heterocycles. The van der Waals surface area contributed by atoms with Gasteiger partial charge in [0.2, 0.25) is 5.88 Å². The average Bonchev–Trinajstić information content (AvgIpc) is 2.82. The van der Waals surface area contributed by atoms with E-state index in [0.29, 0.717) is 17.1 Å². The number of benzene rings is 2. The molecule has 0 unspecified atom stereocenters. The maximum Gasteiger partial charge on any atom is 0.269 e. The van der Waals surface area contributed by atoms with Crippen molar-refractivity contribution in [2.45, 2.75) is 13.8 Å². The largest absolute Gasteiger partial charge is 0.438 e. The minimum Gasteiger partial charge on any atom is -0.438 e. The van der Waals surface area contributed by atoms with E-state index in [9.17, 15) is 14.9 Å². The van der Waals surface area contributed by atoms with E-state index >= 15 is 0 Å². The Labute approximate surface area is 190 Å². The first kappa shape index (κ1) is 21.5. The number of rotatable bonds is 5. The van der Waals surface area contributed by atoms with Gasteiger partial charge >= 0.3 is 0 Å². The Hall–Kier alpha value is -4.70. The van der Waals surface area contributed by atoms with Gasteiger partial charge in [-0.1, -0.05) is 42.0 Å². The third kappa shape index (κ3) is 4.65. The lowest BCUT2D eigenvalue weighted by Crippen LogP contribution is -2.20. The summed E-state index contributed by atoms with van der Waals surface area (Å²) in [4.78, 5) is 30.5. The number of nitrogens with one attached hydrogen (secondary N) is 1. The fourth-order valence-corrected chi connectivity index (χ4v) is 3.19. The van der Waals surface area contributed by atoms with Gasteiger partial charge in [-0.15, -0.1) is 0 Å². The van der Waals surface area contributed by atoms with E-state index in [1.165, 1.54) is 10.5 Å². The third-order valence-corrected chi connectivity index (χ3v) is 5.00. The summed E-state index contributed by atoms with van der Waals surface area (Å²) >= 11 is 0. The molecule has 7 nitrogen and oxygen atoms in total. The van der Waals surface area contributed by atoms with Crippen molar-refractivity contribution >= 4 is 23.3 Å². The third-order valence-electron chi connectivity index (χ3n) is 5.00. The smallest absolute Gasteiger partial charge is 0.269 e. The molecule has 0 aliphatic heterocycles. The molecule has 0 atom stereocenters. The zero-order valence-electron chi connectivity index (χ0n) is 18.1. The number of hydrogen-bond acceptors (Lipinski definition) is 5. The highest BCUT2D eigenvalue weighted by molar-refractivity contribution is 6.09. The van der Waals surface area contributed by atoms with Crippen LogP contribution in [0.2, 0.25) is 0 Å². The normalized spacial score (nSPS) is 11.1. The highest BCUT2D eigenvalue weighted by atomic mass is 16.5. The first-order chi connectivity index (χ1) is 16.0. The fourth-order valence-electron chi connectivity index (χ4n) is 3.19. The number of para-hydroxylation sites is 1. The SMILES string of the molecule is Cc1ccc(NC(=O)/C(C#N)=C/c2c(Oc3ccccc3C)nc3ccccn3c2=O)cc1. The number of nitrogens with zero attached hydrogens (tertiary/aromatic N) is 3. The molecule has 0 aliphatic rings. The Kier molecular flexibility index (Phi) is 6.00. The molecule has 162 valence electrons. The van der Waals surface area contributed by atoms with Gasteiger partial charge in [-0.25, -0.2) is 0 Å². The van der Waals surface area contributed by atoms with Crippen LogP contribution in [0.3, 0.4) is 0 Å². The molecule has 0 aliphatic carbocycles. The number of aromatic nitrogens is 2. The summed E-state index contributed by atoms with van der Waals surface area (Å²) in [6.07, 6.45) is 2.78. The Morgan fingerprint density at radius 3 is 2.52 bits per heavy atom. The van der Waals surface area contributed by atoms with E-state index in [1.807, 2.05) is 50.2 Å². The van der Waals surface area contributed by atoms with E-state index in [-0.39, 0.29) is 17.0 Å². The van der Waals surface area contributed by atoms with Crippen LogP contribution in [0.25, 0.3) is 11.7 Å². The molecule has 0 fully saturated rings. The first-order valence-corrected chi connectivity index (χ1v) is 10.2. The van der Waals surface area contributed by atoms with Crippen molar-refractivity contribution in [2.75, 3.05) is 5.32 Å². The van der Waals surface area contributed by atoms with Crippen LogP contribution in [0.15, 0.2) is 83.3 Å². The van der Waals surface area contributed by atoms with Crippen molar-refractivity contribution in [3.63, 3.8) is 0 Å². The van der Waals surface area contributed by atoms with E-state index in [1.54, 1.807) is 42.6 Å². The van der Waals surface area contributed by atoms with Crippen LogP contribution in [-0.4, -0.2) is 15.3 Å². The Morgan fingerprint density at radius 2 is 1.79 bits per heavy atom. The van der Waals surface area contributed by atoms with Gasteiger partial charge < -0.3 is 10.1 Å². The van der Waals surface area contributed by atoms with Crippen LogP contribution in [0, 0.1) is 25.2 Å². The molecule has 0 bridgehead atoms. The van der Waals surface area contributed by atoms with Gasteiger partial charge in [0.15, 0.2) is 0 Å². The van der Waals surface area contributed by atoms with Gasteiger partial charge in [0.05, 0.1) is 0 Å². The summed E-state index contributed by atoms with van der Waals surface area (Å²) in [7, 11) is 0. The number of pyridine rings is 1. The van der Waals surface area contributed by atoms with Gasteiger partial charge in [0.1, 0.15) is 28.6 Å². The second-order valence-corrected chi connectivity index (χ2v) is 7.42. The number of nitriles is 1. The second-order valence-electron chi connectivity index (χ2n) is 7.42. The number of anilines is 1. The number of amides is 1. The summed E-state index contributed by atoms with van der Waals surface area (Å²) in [5.74, 6) is -0.112. The van der Waals surface area contributed by atoms with Crippen molar-refractivity contribution in [1.82, 2.24) is 9.38 Å². The van der Waals surface area contributed by atoms with Crippen molar-refractivity contribution in [2.24, 2.45) is 0 Å². The second kappa shape index (κ2) is 9.20. The highest BCUT2D eigenvalue weighted by Gasteiger charge is 2.18. The van der Waals surface area contributed by atoms with Crippen LogP contribution in [-0.2, 0) is 4.79 Å². The van der Waals surface area contributed by atoms with Crippen molar-refractivity contribution in [3.8, 4) is 17.7 Å². The highest BCUT2D eigenvalue weighted by Crippen LogP contribution is 2.26. The van der Waals surface area contributed by atoms with Crippen LogP contribution >= 0.6 is 0 Å². The standard InChI is InChI=1S/C26H20N4O3/c1-17-10-12-20(13-11-17)28-24(31)19(16-27)15-21-25(33-22-8-4-3-7-18(22)2)29-23-9-5-6-14-30(23)26(21)32/h3-15H,1-2H3,(H,28,31)/b19-15+. The summed E-state index contributed by atoms with van der Waals surface area (Å²) in [5, 5.41) is 12.3. The maximum atomic E-state index is 13.3. The molecule has 0 radical (unpaired) electrons. The number of fused-ring (bicyclic) bond motifs is 1. The molecule has 2 aromatic carbocycles. The summed E-state index contributed by atoms with van der Waals surface area (Å²) in [6.45, 7) is 3.80. The molecule has 0 saturated heterocycles. The predicted octanol–water partition coefficient (Wildman–Crippen LogP) is 4.65. The number of carbonyl (C=O) groups excluding carboxylic acids is 1. The zero-order chi connectivity index (χ0) is 23.4. The predicted molar refractivity (Wildman–Crippen MR) is 126 cm³/mol. The minimum absolute atomic E-state index is 0.00226. The van der Waals surface area contributed by atoms with Gasteiger partial charge in [-0.05, 0) is 55.8 Å². The lowest BCUT2D eigenvalue weighted by atomic mass is 10.1. The Balaban J connectivity index is 1.81. The number of ether oxygens (including phenoxy) is 1. The molecule has 4 rings (SSSR count). The molecular weight excluding hydrogens is 416 g/mol. The van der Waals surface area contributed by atoms with E-state index < -0.39 is 11.5 Å². The summed E-state index contributed by atoms with van der Waals surface area (Å²) in [5.41, 5.74) is 2.09. The lowest BCUT2D eigenvalue weighted by Gasteiger charge is -2.12. The van der Waals surface area contributed by atoms with Crippen molar-refractivity contribution in [1.29, 1.82) is 5.26 Å². The Morgan fingerprint density at radius 1 is 1.06 bits per heavy atom. The molecule has 0 spiro atoms. The molecular formula is C26H20N4O3. The van der Waals surface area contributed by atoms with Gasteiger partial charge in [0, 0.05) is 11.9 Å². The molecule has 2 heterocycles. The van der Waals surface area contributed by atoms with Gasteiger partial charge in [-0.2, -0.15) is 10.2 Å². The van der Waals surface area contributed by atoms with Gasteiger partial charge in [0.25, 0.3) is 11.5 Å². The Bertz CT molecular complexity index is 1480. The zero-order valence-corrected chi connectivity index (χ0v) is 18.1. The summed E-state index contributed by atoms with van der Waals surface area (Å²) < 4.78 is 7.31. The first-order valence-electron chi connectivity index (χ1n) is 10.2. The number of aryl methyl sites for hydroxylation is 2. The molecule has 7 heteroatoms. The van der Waals surface area contributed by atoms with Crippen LogP contribution in [0.5, 0.6) is 11.6 Å². The number of carbonyl (C=O) groups is 1. The summed E-state index contributed by atoms with van der Waals surface area (Å²) in [6, 6.07) is 21.5. The van der Waals surface area contributed by atoms with E-state index in [2.05, 4.69) is 10.3 Å². The van der Waals surface area contributed by atoms with E-state index in [4.69, 9.17) is 4.74 Å². The topological polar surface area (TPSA) is 96.5 Å². The molecule has 1 amide bonds. The monoisotopic (exact) mass is 436 g/mol. The lowest BCUT2D eigenvalue weighted by molar-refractivity contribution is -0.112.